The van der Waals surface area contributed by atoms with Gasteiger partial charge in [0.1, 0.15) is 20.0 Å². The van der Waals surface area contributed by atoms with Crippen molar-refractivity contribution in [2.45, 2.75) is 39.1 Å². The van der Waals surface area contributed by atoms with E-state index < -0.39 is 37.6 Å². The van der Waals surface area contributed by atoms with Gasteiger partial charge in [0.2, 0.25) is 0 Å². The summed E-state index contributed by atoms with van der Waals surface area (Å²) in [6.45, 7) is 1.01. The Balaban J connectivity index is 2.40. The molecule has 2 atom stereocenters. The van der Waals surface area contributed by atoms with Gasteiger partial charge in [0.25, 0.3) is 0 Å². The first-order valence-electron chi connectivity index (χ1n) is 9.65. The summed E-state index contributed by atoms with van der Waals surface area (Å²) in [5.41, 5.74) is 0.00542. The van der Waals surface area contributed by atoms with Crippen molar-refractivity contribution in [3.8, 4) is 0 Å². The molecule has 0 aliphatic carbocycles. The summed E-state index contributed by atoms with van der Waals surface area (Å²) >= 11 is 0. The zero-order valence-corrected chi connectivity index (χ0v) is 16.6. The quantitative estimate of drug-likeness (QED) is 0.583. The predicted molar refractivity (Wildman–Crippen MR) is 107 cm³/mol. The van der Waals surface area contributed by atoms with Crippen molar-refractivity contribution < 1.29 is 18.3 Å². The van der Waals surface area contributed by atoms with Crippen molar-refractivity contribution >= 4 is 0 Å². The fourth-order valence-corrected chi connectivity index (χ4v) is 3.60. The predicted octanol–water partition coefficient (Wildman–Crippen LogP) is 4.97. The van der Waals surface area contributed by atoms with Gasteiger partial charge in [0.15, 0.2) is 0 Å². The normalized spacial score (nSPS) is 14.4. The third kappa shape index (κ3) is 5.36. The van der Waals surface area contributed by atoms with Crippen LogP contribution >= 0.6 is 0 Å². The molecule has 2 rings (SSSR count). The first-order chi connectivity index (χ1) is 13.5. The molecule has 0 aliphatic heterocycles. The van der Waals surface area contributed by atoms with Crippen LogP contribution in [-0.2, 0) is 13.1 Å². The second kappa shape index (κ2) is 10.6. The van der Waals surface area contributed by atoms with Crippen LogP contribution in [0, 0.1) is 11.3 Å². The number of halogens is 3. The highest BCUT2D eigenvalue weighted by Crippen LogP contribution is 2.33. The highest BCUT2D eigenvalue weighted by Gasteiger charge is 2.46. The molecule has 2 aromatic rings. The van der Waals surface area contributed by atoms with E-state index in [2.05, 4.69) is 0 Å². The molecule has 0 bridgehead atoms. The van der Waals surface area contributed by atoms with Crippen molar-refractivity contribution in [2.24, 2.45) is 11.3 Å². The van der Waals surface area contributed by atoms with Gasteiger partial charge in [0, 0.05) is 19.1 Å². The van der Waals surface area contributed by atoms with Crippen LogP contribution in [0.15, 0.2) is 60.7 Å². The lowest BCUT2D eigenvalue weighted by Crippen LogP contribution is -2.56. The highest BCUT2D eigenvalue weighted by atomic mass is 19.1. The van der Waals surface area contributed by atoms with Gasteiger partial charge >= 0.3 is 0 Å². The van der Waals surface area contributed by atoms with E-state index in [0.717, 1.165) is 11.1 Å². The Hall–Kier alpha value is -1.85. The number of aliphatic hydroxyl groups is 1. The zero-order valence-electron chi connectivity index (χ0n) is 16.6. The van der Waals surface area contributed by atoms with Crippen LogP contribution in [0.5, 0.6) is 0 Å². The lowest BCUT2D eigenvalue weighted by molar-refractivity contribution is -0.0916. The summed E-state index contributed by atoms with van der Waals surface area (Å²) in [5.74, 6) is -0.133. The minimum Gasteiger partial charge on any atom is -0.391 e. The molecule has 28 heavy (non-hydrogen) atoms. The second-order valence-corrected chi connectivity index (χ2v) is 7.82. The molecule has 0 fully saturated rings. The molecule has 1 N–H and O–H groups in total. The van der Waals surface area contributed by atoms with Gasteiger partial charge in [-0.15, -0.1) is 0 Å². The average molecular weight is 393 g/mol. The van der Waals surface area contributed by atoms with E-state index in [-0.39, 0.29) is 5.92 Å². The number of benzene rings is 2. The van der Waals surface area contributed by atoms with Gasteiger partial charge in [-0.3, -0.25) is 18.1 Å². The third-order valence-corrected chi connectivity index (χ3v) is 5.31. The monoisotopic (exact) mass is 393 g/mol. The Morgan fingerprint density at radius 3 is 1.50 bits per heavy atom. The minimum absolute atomic E-state index is 0.133. The first-order valence-corrected chi connectivity index (χ1v) is 9.65. The van der Waals surface area contributed by atoms with E-state index in [4.69, 9.17) is 0 Å². The smallest absolute Gasteiger partial charge is 0.103 e. The lowest BCUT2D eigenvalue weighted by Gasteiger charge is -2.43. The largest absolute Gasteiger partial charge is 0.391 e. The van der Waals surface area contributed by atoms with E-state index in [9.17, 15) is 18.3 Å². The molecule has 2 nitrogen and oxygen atoms in total. The van der Waals surface area contributed by atoms with E-state index >= 15 is 0 Å². The summed E-state index contributed by atoms with van der Waals surface area (Å²) in [4.78, 5) is 2.00. The van der Waals surface area contributed by atoms with Crippen molar-refractivity contribution in [3.05, 3.63) is 71.8 Å². The summed E-state index contributed by atoms with van der Waals surface area (Å²) in [6, 6.07) is 18.8. The van der Waals surface area contributed by atoms with Gasteiger partial charge < -0.3 is 5.11 Å². The Morgan fingerprint density at radius 2 is 1.18 bits per heavy atom. The standard InChI is InChI=1S/C23H30F3NO/c1-18(2)21(22(28)23(15-24,16-25)17-26)27(13-19-9-5-3-6-10-19)14-20-11-7-4-8-12-20/h3-12,18,21-22,28H,13-17H2,1-2H3/t21-,22+/m0/s1. The van der Waals surface area contributed by atoms with Crippen molar-refractivity contribution in [3.63, 3.8) is 0 Å². The molecular weight excluding hydrogens is 363 g/mol. The SMILES string of the molecule is CC(C)[C@@H]([C@@H](O)C(CF)(CF)CF)N(Cc1ccccc1)Cc1ccccc1. The first kappa shape index (κ1) is 22.4. The molecule has 154 valence electrons. The summed E-state index contributed by atoms with van der Waals surface area (Å²) in [6.07, 6.45) is -1.47. The number of nitrogens with zero attached hydrogens (tertiary/aromatic N) is 1. The molecule has 0 saturated carbocycles. The summed E-state index contributed by atoms with van der Waals surface area (Å²) in [5, 5.41) is 11.0. The molecule has 0 aliphatic rings. The lowest BCUT2D eigenvalue weighted by atomic mass is 9.78. The molecule has 2 aromatic carbocycles. The fraction of sp³-hybridized carbons (Fsp3) is 0.478. The molecule has 5 heteroatoms. The van der Waals surface area contributed by atoms with E-state index in [1.54, 1.807) is 0 Å². The van der Waals surface area contributed by atoms with Gasteiger partial charge in [-0.25, -0.2) is 0 Å². The maximum Gasteiger partial charge on any atom is 0.103 e. The van der Waals surface area contributed by atoms with E-state index in [1.807, 2.05) is 79.4 Å². The number of hydrogen-bond donors (Lipinski definition) is 1. The molecule has 0 radical (unpaired) electrons. The molecule has 0 unspecified atom stereocenters. The maximum atomic E-state index is 13.6. The van der Waals surface area contributed by atoms with Crippen LogP contribution < -0.4 is 0 Å². The number of rotatable bonds is 11. The third-order valence-electron chi connectivity index (χ3n) is 5.31. The molecule has 0 heterocycles. The van der Waals surface area contributed by atoms with Crippen LogP contribution in [0.3, 0.4) is 0 Å². The second-order valence-electron chi connectivity index (χ2n) is 7.82. The summed E-state index contributed by atoms with van der Waals surface area (Å²) in [7, 11) is 0. The molecular formula is C23H30F3NO. The Morgan fingerprint density at radius 1 is 0.786 bits per heavy atom. The van der Waals surface area contributed by atoms with Crippen LogP contribution in [0.1, 0.15) is 25.0 Å². The Labute approximate surface area is 166 Å². The van der Waals surface area contributed by atoms with Crippen molar-refractivity contribution in [1.29, 1.82) is 0 Å². The Bertz CT molecular complexity index is 627. The van der Waals surface area contributed by atoms with Gasteiger partial charge in [-0.05, 0) is 17.0 Å². The van der Waals surface area contributed by atoms with Crippen LogP contribution in [0.4, 0.5) is 13.2 Å². The maximum absolute atomic E-state index is 13.6. The molecule has 0 amide bonds. The van der Waals surface area contributed by atoms with E-state index in [0.29, 0.717) is 13.1 Å². The van der Waals surface area contributed by atoms with Crippen LogP contribution in [0.25, 0.3) is 0 Å². The Kier molecular flexibility index (Phi) is 8.52. The topological polar surface area (TPSA) is 23.5 Å². The number of aliphatic hydroxyl groups excluding tert-OH is 1. The molecule has 0 spiro atoms. The van der Waals surface area contributed by atoms with Gasteiger partial charge in [0.05, 0.1) is 11.5 Å². The summed E-state index contributed by atoms with van der Waals surface area (Å²) < 4.78 is 40.9. The van der Waals surface area contributed by atoms with Crippen LogP contribution in [-0.4, -0.2) is 42.2 Å². The number of hydrogen-bond acceptors (Lipinski definition) is 2. The van der Waals surface area contributed by atoms with Crippen molar-refractivity contribution in [2.75, 3.05) is 20.0 Å². The van der Waals surface area contributed by atoms with Gasteiger partial charge in [-0.1, -0.05) is 74.5 Å². The van der Waals surface area contributed by atoms with Crippen molar-refractivity contribution in [1.82, 2.24) is 4.90 Å². The minimum atomic E-state index is -2.03. The average Bonchev–Trinajstić information content (AvgIpc) is 2.71. The molecule has 0 saturated heterocycles. The van der Waals surface area contributed by atoms with Crippen LogP contribution in [0.2, 0.25) is 0 Å². The zero-order chi connectivity index (χ0) is 20.6. The number of alkyl halides is 3. The van der Waals surface area contributed by atoms with Gasteiger partial charge in [-0.2, -0.15) is 0 Å². The fourth-order valence-electron chi connectivity index (χ4n) is 3.60. The molecule has 0 aromatic heterocycles. The van der Waals surface area contributed by atoms with E-state index in [1.165, 1.54) is 0 Å². The highest BCUT2D eigenvalue weighted by molar-refractivity contribution is 5.18.